The lowest BCUT2D eigenvalue weighted by atomic mass is 9.89. The molecule has 0 radical (unpaired) electrons. The molecule has 0 spiro atoms. The van der Waals surface area contributed by atoms with Crippen LogP contribution in [0.5, 0.6) is 0 Å². The van der Waals surface area contributed by atoms with Crippen LogP contribution in [0.2, 0.25) is 0 Å². The summed E-state index contributed by atoms with van der Waals surface area (Å²) in [5.41, 5.74) is 4.58. The van der Waals surface area contributed by atoms with Gasteiger partial charge in [-0.05, 0) is 54.3 Å². The van der Waals surface area contributed by atoms with Crippen molar-refractivity contribution in [3.8, 4) is 0 Å². The lowest BCUT2D eigenvalue weighted by molar-refractivity contribution is -0.181. The van der Waals surface area contributed by atoms with Crippen molar-refractivity contribution >= 4 is 17.3 Å². The van der Waals surface area contributed by atoms with Gasteiger partial charge in [0.05, 0.1) is 25.9 Å². The van der Waals surface area contributed by atoms with Gasteiger partial charge in [-0.25, -0.2) is 0 Å². The van der Waals surface area contributed by atoms with E-state index in [0.29, 0.717) is 6.54 Å². The first-order valence-electron chi connectivity index (χ1n) is 15.4. The molecule has 44 heavy (non-hydrogen) atoms. The lowest BCUT2D eigenvalue weighted by Crippen LogP contribution is -2.49. The van der Waals surface area contributed by atoms with Gasteiger partial charge in [0, 0.05) is 50.5 Å². The first kappa shape index (κ1) is 31.9. The molecule has 3 aromatic carbocycles. The second kappa shape index (κ2) is 15.0. The summed E-state index contributed by atoms with van der Waals surface area (Å²) in [5.74, 6) is -0.858. The van der Waals surface area contributed by atoms with Gasteiger partial charge in [0.25, 0.3) is 0 Å². The fraction of sp³-hybridized carbons (Fsp3) is 0.441. The second-order valence-electron chi connectivity index (χ2n) is 11.7. The quantitative estimate of drug-likeness (QED) is 0.187. The van der Waals surface area contributed by atoms with Gasteiger partial charge in [0.15, 0.2) is 0 Å². The number of aliphatic hydroxyl groups is 3. The summed E-state index contributed by atoms with van der Waals surface area (Å²) >= 11 is 0. The van der Waals surface area contributed by atoms with Crippen LogP contribution in [0.15, 0.2) is 78.9 Å². The van der Waals surface area contributed by atoms with Gasteiger partial charge in [-0.1, -0.05) is 54.6 Å². The van der Waals surface area contributed by atoms with E-state index >= 15 is 0 Å². The first-order chi connectivity index (χ1) is 21.4. The van der Waals surface area contributed by atoms with Gasteiger partial charge in [-0.2, -0.15) is 5.06 Å². The zero-order valence-corrected chi connectivity index (χ0v) is 25.5. The fourth-order valence-corrected chi connectivity index (χ4v) is 6.15. The molecule has 5 N–H and O–H groups in total. The minimum absolute atomic E-state index is 0.246. The highest BCUT2D eigenvalue weighted by Crippen LogP contribution is 2.33. The van der Waals surface area contributed by atoms with Crippen molar-refractivity contribution in [2.24, 2.45) is 5.92 Å². The highest BCUT2D eigenvalue weighted by molar-refractivity contribution is 5.82. The van der Waals surface area contributed by atoms with Gasteiger partial charge in [0.1, 0.15) is 18.2 Å². The summed E-state index contributed by atoms with van der Waals surface area (Å²) < 4.78 is 0. The smallest absolute Gasteiger partial charge is 0.240 e. The molecule has 2 aliphatic heterocycles. The number of amides is 1. The number of anilines is 2. The van der Waals surface area contributed by atoms with E-state index in [1.54, 1.807) is 12.0 Å². The van der Waals surface area contributed by atoms with E-state index in [4.69, 9.17) is 4.84 Å². The van der Waals surface area contributed by atoms with E-state index in [2.05, 4.69) is 20.4 Å². The molecule has 2 saturated heterocycles. The molecule has 10 nitrogen and oxygen atoms in total. The Morgan fingerprint density at radius 3 is 2.52 bits per heavy atom. The SMILES string of the molecule is C[C@@H](O)[C@H]1[C@@H](CO)ON(Cc2cccc(C(O)c3ccc(N4CCNC4)cc3)c2)[C@H]1C(=O)NCCCN(C)c1ccccc1. The molecule has 3 aromatic rings. The predicted octanol–water partition coefficient (Wildman–Crippen LogP) is 2.25. The maximum atomic E-state index is 13.5. The summed E-state index contributed by atoms with van der Waals surface area (Å²) in [5, 5.41) is 39.8. The van der Waals surface area contributed by atoms with Gasteiger partial charge in [-0.15, -0.1) is 0 Å². The van der Waals surface area contributed by atoms with Gasteiger partial charge in [-0.3, -0.25) is 14.9 Å². The Morgan fingerprint density at radius 2 is 1.84 bits per heavy atom. The van der Waals surface area contributed by atoms with Crippen molar-refractivity contribution in [2.75, 3.05) is 56.3 Å². The van der Waals surface area contributed by atoms with Crippen LogP contribution in [0.4, 0.5) is 11.4 Å². The summed E-state index contributed by atoms with van der Waals surface area (Å²) in [4.78, 5) is 24.0. The van der Waals surface area contributed by atoms with E-state index in [9.17, 15) is 20.1 Å². The number of nitrogens with zero attached hydrogens (tertiary/aromatic N) is 3. The van der Waals surface area contributed by atoms with Crippen LogP contribution in [0.1, 0.15) is 36.1 Å². The molecule has 0 aliphatic carbocycles. The van der Waals surface area contributed by atoms with Crippen LogP contribution in [-0.2, 0) is 16.2 Å². The van der Waals surface area contributed by atoms with Crippen LogP contribution < -0.4 is 20.4 Å². The Labute approximate surface area is 259 Å². The van der Waals surface area contributed by atoms with Crippen molar-refractivity contribution in [2.45, 2.75) is 44.2 Å². The van der Waals surface area contributed by atoms with E-state index in [0.717, 1.165) is 60.8 Å². The number of carbonyl (C=O) groups excluding carboxylic acids is 1. The van der Waals surface area contributed by atoms with Crippen molar-refractivity contribution in [3.63, 3.8) is 0 Å². The minimum Gasteiger partial charge on any atom is -0.394 e. The molecule has 5 rings (SSSR count). The Balaban J connectivity index is 1.24. The van der Waals surface area contributed by atoms with E-state index in [1.807, 2.05) is 85.9 Å². The Morgan fingerprint density at radius 1 is 1.07 bits per heavy atom. The molecule has 2 aliphatic rings. The number of hydroxylamine groups is 2. The van der Waals surface area contributed by atoms with E-state index in [-0.39, 0.29) is 19.1 Å². The molecule has 2 fully saturated rings. The average molecular weight is 604 g/mol. The number of para-hydroxylation sites is 1. The molecule has 0 aromatic heterocycles. The zero-order chi connectivity index (χ0) is 31.1. The molecule has 236 valence electrons. The van der Waals surface area contributed by atoms with Crippen LogP contribution in [0, 0.1) is 5.92 Å². The maximum Gasteiger partial charge on any atom is 0.240 e. The maximum absolute atomic E-state index is 13.5. The molecular formula is C34H45N5O5. The highest BCUT2D eigenvalue weighted by Gasteiger charge is 2.49. The summed E-state index contributed by atoms with van der Waals surface area (Å²) in [6.07, 6.45) is -1.66. The summed E-state index contributed by atoms with van der Waals surface area (Å²) in [7, 11) is 2.02. The average Bonchev–Trinajstić information content (AvgIpc) is 3.72. The summed E-state index contributed by atoms with van der Waals surface area (Å²) in [6, 6.07) is 24.8. The number of benzene rings is 3. The highest BCUT2D eigenvalue weighted by atomic mass is 16.7. The fourth-order valence-electron chi connectivity index (χ4n) is 6.15. The van der Waals surface area contributed by atoms with E-state index in [1.165, 1.54) is 0 Å². The molecule has 0 bridgehead atoms. The number of nitrogens with one attached hydrogen (secondary N) is 2. The third-order valence-corrected chi connectivity index (χ3v) is 8.59. The Hall–Kier alpha value is -3.51. The van der Waals surface area contributed by atoms with Crippen molar-refractivity contribution < 1.29 is 25.0 Å². The molecule has 2 heterocycles. The monoisotopic (exact) mass is 603 g/mol. The molecule has 5 atom stereocenters. The number of hydrogen-bond acceptors (Lipinski definition) is 9. The number of aliphatic hydroxyl groups excluding tert-OH is 3. The number of rotatable bonds is 13. The van der Waals surface area contributed by atoms with E-state index < -0.39 is 30.3 Å². The largest absolute Gasteiger partial charge is 0.394 e. The third-order valence-electron chi connectivity index (χ3n) is 8.59. The summed E-state index contributed by atoms with van der Waals surface area (Å²) in [6.45, 7) is 5.52. The first-order valence-corrected chi connectivity index (χ1v) is 15.4. The van der Waals surface area contributed by atoms with Crippen molar-refractivity contribution in [3.05, 3.63) is 95.6 Å². The van der Waals surface area contributed by atoms with Crippen LogP contribution >= 0.6 is 0 Å². The van der Waals surface area contributed by atoms with Crippen LogP contribution in [-0.4, -0.2) is 91.0 Å². The lowest BCUT2D eigenvalue weighted by Gasteiger charge is -2.27. The molecule has 1 unspecified atom stereocenters. The van der Waals surface area contributed by atoms with Crippen molar-refractivity contribution in [1.29, 1.82) is 0 Å². The minimum atomic E-state index is -0.871. The van der Waals surface area contributed by atoms with Crippen LogP contribution in [0.3, 0.4) is 0 Å². The molecule has 10 heteroatoms. The zero-order valence-electron chi connectivity index (χ0n) is 25.5. The van der Waals surface area contributed by atoms with Crippen LogP contribution in [0.25, 0.3) is 0 Å². The molecular weight excluding hydrogens is 558 g/mol. The Bertz CT molecular complexity index is 1340. The van der Waals surface area contributed by atoms with Gasteiger partial charge < -0.3 is 30.4 Å². The Kier molecular flexibility index (Phi) is 10.9. The number of hydrogen-bond donors (Lipinski definition) is 5. The third kappa shape index (κ3) is 7.58. The molecule has 1 amide bonds. The normalized spacial score (nSPS) is 21.8. The van der Waals surface area contributed by atoms with Gasteiger partial charge in [0.2, 0.25) is 5.91 Å². The number of carbonyl (C=O) groups is 1. The predicted molar refractivity (Wildman–Crippen MR) is 171 cm³/mol. The van der Waals surface area contributed by atoms with Gasteiger partial charge >= 0.3 is 0 Å². The standard InChI is InChI=1S/C34H45N5O5/c1-24(41)31-30(22-40)44-39(32(31)34(43)36-16-7-18-37(2)28-10-4-3-5-11-28)21-25-8-6-9-27(20-25)33(42)26-12-14-29(15-13-26)38-19-17-35-23-38/h3-6,8-15,20,24,30-33,35,40-42H,7,16-19,21-23H2,1-2H3,(H,36,43)/t24-,30-,31+,32-,33?/m1/s1. The molecule has 0 saturated carbocycles. The van der Waals surface area contributed by atoms with Crippen molar-refractivity contribution in [1.82, 2.24) is 15.7 Å². The second-order valence-corrected chi connectivity index (χ2v) is 11.7. The topological polar surface area (TPSA) is 121 Å².